The number of aromatic nitrogens is 1. The Morgan fingerprint density at radius 2 is 2.20 bits per heavy atom. The molecule has 0 atom stereocenters. The average molecular weight is 293 g/mol. The van der Waals surface area contributed by atoms with Crippen molar-refractivity contribution in [1.29, 1.82) is 0 Å². The number of nitrogen functional groups attached to an aromatic ring is 1. The summed E-state index contributed by atoms with van der Waals surface area (Å²) in [5, 5.41) is 9.91. The van der Waals surface area contributed by atoms with Crippen molar-refractivity contribution < 1.29 is 9.90 Å². The summed E-state index contributed by atoms with van der Waals surface area (Å²) in [6.07, 6.45) is 0. The van der Waals surface area contributed by atoms with E-state index in [0.717, 1.165) is 15.9 Å². The number of nitrogens with two attached hydrogens (primary N) is 1. The second-order valence-corrected chi connectivity index (χ2v) is 5.97. The molecule has 0 saturated carbocycles. The number of rotatable bonds is 4. The lowest BCUT2D eigenvalue weighted by Gasteiger charge is -2.25. The zero-order valence-corrected chi connectivity index (χ0v) is 12.7. The molecule has 0 aromatic carbocycles. The minimum absolute atomic E-state index is 0.00829. The van der Waals surface area contributed by atoms with Crippen molar-refractivity contribution in [2.24, 2.45) is 0 Å². The summed E-state index contributed by atoms with van der Waals surface area (Å²) in [7, 11) is 0. The molecule has 3 N–H and O–H groups in total. The monoisotopic (exact) mass is 293 g/mol. The van der Waals surface area contributed by atoms with E-state index in [1.54, 1.807) is 4.90 Å². The normalized spacial score (nSPS) is 11.2. The topological polar surface area (TPSA) is 79.5 Å². The van der Waals surface area contributed by atoms with Crippen LogP contribution in [0.1, 0.15) is 29.2 Å². The number of aliphatic hydroxyl groups excluding tert-OH is 1. The van der Waals surface area contributed by atoms with Crippen LogP contribution in [0.4, 0.5) is 5.69 Å². The Labute approximate surface area is 122 Å². The number of hydrogen-bond donors (Lipinski definition) is 2. The van der Waals surface area contributed by atoms with Gasteiger partial charge in [0.05, 0.1) is 12.3 Å². The first-order chi connectivity index (χ1) is 9.45. The van der Waals surface area contributed by atoms with Gasteiger partial charge in [0.25, 0.3) is 5.91 Å². The van der Waals surface area contributed by atoms with Crippen molar-refractivity contribution in [3.8, 4) is 0 Å². The highest BCUT2D eigenvalue weighted by molar-refractivity contribution is 7.21. The molecule has 20 heavy (non-hydrogen) atoms. The number of carbonyl (C=O) groups is 1. The Kier molecular flexibility index (Phi) is 4.25. The van der Waals surface area contributed by atoms with E-state index in [1.165, 1.54) is 11.3 Å². The molecule has 0 aliphatic rings. The van der Waals surface area contributed by atoms with Gasteiger partial charge in [0, 0.05) is 23.7 Å². The van der Waals surface area contributed by atoms with Gasteiger partial charge in [0.2, 0.25) is 0 Å². The lowest BCUT2D eigenvalue weighted by Crippen LogP contribution is -2.38. The molecule has 5 nitrogen and oxygen atoms in total. The molecular formula is C14H19N3O2S. The van der Waals surface area contributed by atoms with Gasteiger partial charge in [-0.25, -0.2) is 4.98 Å². The lowest BCUT2D eigenvalue weighted by atomic mass is 10.2. The van der Waals surface area contributed by atoms with Crippen LogP contribution < -0.4 is 5.73 Å². The number of thiophene rings is 1. The fraction of sp³-hybridized carbons (Fsp3) is 0.429. The number of hydrogen-bond acceptors (Lipinski definition) is 5. The smallest absolute Gasteiger partial charge is 0.266 e. The first kappa shape index (κ1) is 14.7. The third kappa shape index (κ3) is 2.62. The Balaban J connectivity index is 2.46. The molecule has 108 valence electrons. The highest BCUT2D eigenvalue weighted by atomic mass is 32.1. The van der Waals surface area contributed by atoms with Crippen molar-refractivity contribution in [1.82, 2.24) is 9.88 Å². The fourth-order valence-electron chi connectivity index (χ4n) is 2.08. The molecule has 0 aliphatic carbocycles. The van der Waals surface area contributed by atoms with Crippen LogP contribution in [-0.4, -0.2) is 40.1 Å². The molecule has 0 aliphatic heterocycles. The summed E-state index contributed by atoms with van der Waals surface area (Å²) in [5.41, 5.74) is 7.46. The van der Waals surface area contributed by atoms with Crippen molar-refractivity contribution in [3.05, 3.63) is 22.7 Å². The van der Waals surface area contributed by atoms with Crippen molar-refractivity contribution in [3.63, 3.8) is 0 Å². The standard InChI is InChI=1S/C14H19N3O2S/c1-8(2)17(6-7-18)14(19)12-11(15)10-5-4-9(3)16-13(10)20-12/h4-5,8,18H,6-7,15H2,1-3H3. The molecule has 2 rings (SSSR count). The van der Waals surface area contributed by atoms with Crippen LogP contribution in [-0.2, 0) is 0 Å². The maximum atomic E-state index is 12.6. The van der Waals surface area contributed by atoms with Gasteiger partial charge in [-0.3, -0.25) is 4.79 Å². The molecule has 2 aromatic rings. The first-order valence-electron chi connectivity index (χ1n) is 6.53. The molecule has 0 radical (unpaired) electrons. The maximum Gasteiger partial charge on any atom is 0.266 e. The number of nitrogens with zero attached hydrogens (tertiary/aromatic N) is 2. The van der Waals surface area contributed by atoms with Crippen LogP contribution in [0.5, 0.6) is 0 Å². The maximum absolute atomic E-state index is 12.6. The number of aliphatic hydroxyl groups is 1. The second kappa shape index (κ2) is 5.76. The minimum atomic E-state index is -0.146. The van der Waals surface area contributed by atoms with Gasteiger partial charge in [-0.1, -0.05) is 0 Å². The number of pyridine rings is 1. The molecule has 2 aromatic heterocycles. The number of fused-ring (bicyclic) bond motifs is 1. The summed E-state index contributed by atoms with van der Waals surface area (Å²) in [4.78, 5) is 19.9. The van der Waals surface area contributed by atoms with E-state index in [-0.39, 0.29) is 18.6 Å². The summed E-state index contributed by atoms with van der Waals surface area (Å²) in [6, 6.07) is 3.79. The van der Waals surface area contributed by atoms with Gasteiger partial charge in [0.1, 0.15) is 9.71 Å². The van der Waals surface area contributed by atoms with Crippen molar-refractivity contribution in [2.75, 3.05) is 18.9 Å². The quantitative estimate of drug-likeness (QED) is 0.904. The first-order valence-corrected chi connectivity index (χ1v) is 7.34. The Bertz CT molecular complexity index is 637. The van der Waals surface area contributed by atoms with Crippen LogP contribution in [0.2, 0.25) is 0 Å². The summed E-state index contributed by atoms with van der Waals surface area (Å²) >= 11 is 1.31. The zero-order chi connectivity index (χ0) is 14.9. The fourth-order valence-corrected chi connectivity index (χ4v) is 3.18. The van der Waals surface area contributed by atoms with E-state index in [0.29, 0.717) is 17.1 Å². The van der Waals surface area contributed by atoms with Gasteiger partial charge >= 0.3 is 0 Å². The van der Waals surface area contributed by atoms with E-state index in [1.807, 2.05) is 32.9 Å². The number of aryl methyl sites for hydroxylation is 1. The van der Waals surface area contributed by atoms with Gasteiger partial charge in [-0.15, -0.1) is 11.3 Å². The third-order valence-electron chi connectivity index (χ3n) is 3.15. The molecule has 6 heteroatoms. The SMILES string of the molecule is Cc1ccc2c(N)c(C(=O)N(CCO)C(C)C)sc2n1. The number of amides is 1. The molecular weight excluding hydrogens is 274 g/mol. The van der Waals surface area contributed by atoms with Crippen LogP contribution in [0, 0.1) is 6.92 Å². The number of carbonyl (C=O) groups excluding carboxylic acids is 1. The highest BCUT2D eigenvalue weighted by Crippen LogP contribution is 2.33. The van der Waals surface area contributed by atoms with E-state index in [2.05, 4.69) is 4.98 Å². The molecule has 0 spiro atoms. The zero-order valence-electron chi connectivity index (χ0n) is 11.9. The molecule has 1 amide bonds. The van der Waals surface area contributed by atoms with E-state index in [9.17, 15) is 4.79 Å². The largest absolute Gasteiger partial charge is 0.397 e. The highest BCUT2D eigenvalue weighted by Gasteiger charge is 2.24. The summed E-state index contributed by atoms with van der Waals surface area (Å²) in [6.45, 7) is 5.98. The lowest BCUT2D eigenvalue weighted by molar-refractivity contribution is 0.0671. The molecule has 2 heterocycles. The molecule has 0 saturated heterocycles. The average Bonchev–Trinajstić information content (AvgIpc) is 2.71. The van der Waals surface area contributed by atoms with Crippen LogP contribution in [0.3, 0.4) is 0 Å². The second-order valence-electron chi connectivity index (χ2n) is 4.97. The van der Waals surface area contributed by atoms with Crippen molar-refractivity contribution in [2.45, 2.75) is 26.8 Å². The predicted octanol–water partition coefficient (Wildman–Crippen LogP) is 2.03. The van der Waals surface area contributed by atoms with Crippen molar-refractivity contribution >= 4 is 33.1 Å². The van der Waals surface area contributed by atoms with Crippen LogP contribution in [0.15, 0.2) is 12.1 Å². The minimum Gasteiger partial charge on any atom is -0.397 e. The van der Waals surface area contributed by atoms with Gasteiger partial charge in [0.15, 0.2) is 0 Å². The van der Waals surface area contributed by atoms with Gasteiger partial charge in [-0.05, 0) is 32.9 Å². The summed E-state index contributed by atoms with van der Waals surface area (Å²) < 4.78 is 0. The van der Waals surface area contributed by atoms with Crippen LogP contribution in [0.25, 0.3) is 10.2 Å². The third-order valence-corrected chi connectivity index (χ3v) is 4.26. The predicted molar refractivity (Wildman–Crippen MR) is 82.0 cm³/mol. The van der Waals surface area contributed by atoms with E-state index in [4.69, 9.17) is 10.8 Å². The summed E-state index contributed by atoms with van der Waals surface area (Å²) in [5.74, 6) is -0.146. The number of anilines is 1. The Morgan fingerprint density at radius 3 is 2.80 bits per heavy atom. The molecule has 0 bridgehead atoms. The van der Waals surface area contributed by atoms with E-state index >= 15 is 0 Å². The van der Waals surface area contributed by atoms with Gasteiger partial charge in [-0.2, -0.15) is 0 Å². The van der Waals surface area contributed by atoms with Gasteiger partial charge < -0.3 is 15.7 Å². The van der Waals surface area contributed by atoms with E-state index < -0.39 is 0 Å². The molecule has 0 unspecified atom stereocenters. The Hall–Kier alpha value is -1.66. The van der Waals surface area contributed by atoms with Crippen LogP contribution >= 0.6 is 11.3 Å². The molecule has 0 fully saturated rings. The Morgan fingerprint density at radius 1 is 1.50 bits per heavy atom.